The van der Waals surface area contributed by atoms with E-state index in [9.17, 15) is 9.90 Å². The highest BCUT2D eigenvalue weighted by molar-refractivity contribution is 5.67. The summed E-state index contributed by atoms with van der Waals surface area (Å²) in [5.41, 5.74) is 0. The third kappa shape index (κ3) is 9.26. The first-order valence-corrected chi connectivity index (χ1v) is 5.21. The highest BCUT2D eigenvalue weighted by Gasteiger charge is 2.07. The van der Waals surface area contributed by atoms with Crippen molar-refractivity contribution in [2.45, 2.75) is 51.6 Å². The Morgan fingerprint density at radius 1 is 1.36 bits per heavy atom. The van der Waals surface area contributed by atoms with Crippen LogP contribution in [0.2, 0.25) is 0 Å². The van der Waals surface area contributed by atoms with Gasteiger partial charge in [-0.3, -0.25) is 4.79 Å². The molecule has 0 aromatic carbocycles. The maximum Gasteiger partial charge on any atom is 0.305 e. The molecule has 1 unspecified atom stereocenters. The Morgan fingerprint density at radius 2 is 2.07 bits per heavy atom. The number of aliphatic hydroxyl groups is 1. The van der Waals surface area contributed by atoms with Crippen molar-refractivity contribution in [1.82, 2.24) is 0 Å². The number of aliphatic hydroxyl groups excluding tert-OH is 1. The molecule has 0 radical (unpaired) electrons. The van der Waals surface area contributed by atoms with E-state index in [0.29, 0.717) is 6.42 Å². The second-order valence-corrected chi connectivity index (χ2v) is 3.42. The number of aliphatic carboxylic acids is 1. The van der Waals surface area contributed by atoms with Gasteiger partial charge in [0.15, 0.2) is 0 Å². The summed E-state index contributed by atoms with van der Waals surface area (Å²) in [5, 5.41) is 17.6. The van der Waals surface area contributed by atoms with Crippen LogP contribution in [0.5, 0.6) is 0 Å². The predicted octanol–water partition coefficient (Wildman–Crippen LogP) is 2.35. The van der Waals surface area contributed by atoms with Gasteiger partial charge in [0.2, 0.25) is 0 Å². The van der Waals surface area contributed by atoms with Crippen LogP contribution in [0.4, 0.5) is 0 Å². The zero-order valence-electron chi connectivity index (χ0n) is 8.78. The lowest BCUT2D eigenvalue weighted by atomic mass is 10.1. The third-order valence-corrected chi connectivity index (χ3v) is 1.97. The van der Waals surface area contributed by atoms with Crippen molar-refractivity contribution in [2.75, 3.05) is 0 Å². The molecule has 82 valence electrons. The number of carboxylic acid groups (broad SMARTS) is 1. The molecule has 0 heterocycles. The quantitative estimate of drug-likeness (QED) is 0.467. The van der Waals surface area contributed by atoms with Gasteiger partial charge in [0.05, 0.1) is 12.5 Å². The van der Waals surface area contributed by atoms with Gasteiger partial charge in [-0.25, -0.2) is 0 Å². The van der Waals surface area contributed by atoms with Crippen LogP contribution in [0.1, 0.15) is 45.4 Å². The molecule has 0 saturated heterocycles. The molecule has 0 rings (SSSR count). The van der Waals surface area contributed by atoms with E-state index < -0.39 is 12.1 Å². The van der Waals surface area contributed by atoms with E-state index in [1.165, 1.54) is 0 Å². The Labute approximate surface area is 85.4 Å². The fraction of sp³-hybridized carbons (Fsp3) is 0.727. The van der Waals surface area contributed by atoms with Crippen LogP contribution in [0.15, 0.2) is 12.2 Å². The molecule has 2 N–H and O–H groups in total. The number of allylic oxidation sites excluding steroid dienone is 2. The summed E-state index contributed by atoms with van der Waals surface area (Å²) >= 11 is 0. The highest BCUT2D eigenvalue weighted by Crippen LogP contribution is 2.07. The molecule has 0 aliphatic rings. The van der Waals surface area contributed by atoms with E-state index in [1.54, 1.807) is 0 Å². The molecule has 0 fully saturated rings. The zero-order chi connectivity index (χ0) is 10.8. The Balaban J connectivity index is 3.27. The van der Waals surface area contributed by atoms with Gasteiger partial charge < -0.3 is 10.2 Å². The minimum absolute atomic E-state index is 0.134. The lowest BCUT2D eigenvalue weighted by molar-refractivity contribution is -0.139. The first-order chi connectivity index (χ1) is 6.66. The zero-order valence-corrected chi connectivity index (χ0v) is 8.78. The molecule has 0 bridgehead atoms. The second kappa shape index (κ2) is 8.75. The van der Waals surface area contributed by atoms with Gasteiger partial charge in [-0.15, -0.1) is 0 Å². The number of unbranched alkanes of at least 4 members (excludes halogenated alkanes) is 2. The lowest BCUT2D eigenvalue weighted by Crippen LogP contribution is -2.12. The van der Waals surface area contributed by atoms with Crippen LogP contribution in [-0.4, -0.2) is 22.3 Å². The fourth-order valence-corrected chi connectivity index (χ4v) is 1.23. The van der Waals surface area contributed by atoms with E-state index in [2.05, 4.69) is 19.1 Å². The summed E-state index contributed by atoms with van der Waals surface area (Å²) in [4.78, 5) is 10.2. The normalized spacial score (nSPS) is 13.3. The maximum absolute atomic E-state index is 10.2. The molecule has 0 spiro atoms. The third-order valence-electron chi connectivity index (χ3n) is 1.97. The van der Waals surface area contributed by atoms with Crippen LogP contribution in [0.25, 0.3) is 0 Å². The average molecular weight is 200 g/mol. The Bertz CT molecular complexity index is 175. The summed E-state index contributed by atoms with van der Waals surface area (Å²) in [6, 6.07) is 0. The van der Waals surface area contributed by atoms with E-state index in [1.807, 2.05) is 0 Å². The second-order valence-electron chi connectivity index (χ2n) is 3.42. The van der Waals surface area contributed by atoms with Crippen molar-refractivity contribution in [1.29, 1.82) is 0 Å². The van der Waals surface area contributed by atoms with Crippen molar-refractivity contribution >= 4 is 5.97 Å². The summed E-state index contributed by atoms with van der Waals surface area (Å²) in [7, 11) is 0. The van der Waals surface area contributed by atoms with Crippen molar-refractivity contribution in [3.63, 3.8) is 0 Å². The first-order valence-electron chi connectivity index (χ1n) is 5.21. The van der Waals surface area contributed by atoms with E-state index >= 15 is 0 Å². The van der Waals surface area contributed by atoms with E-state index in [4.69, 9.17) is 5.11 Å². The van der Waals surface area contributed by atoms with Crippen LogP contribution >= 0.6 is 0 Å². The van der Waals surface area contributed by atoms with Gasteiger partial charge in [0.1, 0.15) is 0 Å². The molecule has 1 atom stereocenters. The smallest absolute Gasteiger partial charge is 0.305 e. The largest absolute Gasteiger partial charge is 0.481 e. The van der Waals surface area contributed by atoms with Crippen LogP contribution in [0.3, 0.4) is 0 Å². The average Bonchev–Trinajstić information content (AvgIpc) is 2.10. The number of hydrogen-bond acceptors (Lipinski definition) is 2. The van der Waals surface area contributed by atoms with Gasteiger partial charge in [0.25, 0.3) is 0 Å². The first kappa shape index (κ1) is 13.2. The highest BCUT2D eigenvalue weighted by atomic mass is 16.4. The van der Waals surface area contributed by atoms with Gasteiger partial charge in [-0.1, -0.05) is 25.5 Å². The molecule has 14 heavy (non-hydrogen) atoms. The molecule has 0 amide bonds. The van der Waals surface area contributed by atoms with Crippen molar-refractivity contribution in [2.24, 2.45) is 0 Å². The van der Waals surface area contributed by atoms with Gasteiger partial charge >= 0.3 is 5.97 Å². The Kier molecular flexibility index (Phi) is 8.24. The predicted molar refractivity (Wildman–Crippen MR) is 56.2 cm³/mol. The van der Waals surface area contributed by atoms with Gasteiger partial charge in [-0.2, -0.15) is 0 Å². The Morgan fingerprint density at radius 3 is 2.64 bits per heavy atom. The van der Waals surface area contributed by atoms with Crippen molar-refractivity contribution in [3.8, 4) is 0 Å². The summed E-state index contributed by atoms with van der Waals surface area (Å²) in [6.07, 6.45) is 8.02. The van der Waals surface area contributed by atoms with Crippen molar-refractivity contribution in [3.05, 3.63) is 12.2 Å². The lowest BCUT2D eigenvalue weighted by Gasteiger charge is -2.05. The summed E-state index contributed by atoms with van der Waals surface area (Å²) in [5.74, 6) is -0.927. The topological polar surface area (TPSA) is 57.5 Å². The standard InChI is InChI=1S/C11H20O3/c1-2-3-4-5-6-7-8-10(12)9-11(13)14/h3-4,10,12H,2,5-9H2,1H3,(H,13,14)/b4-3-. The molecular weight excluding hydrogens is 180 g/mol. The van der Waals surface area contributed by atoms with E-state index in [-0.39, 0.29) is 6.42 Å². The molecule has 0 aromatic heterocycles. The number of carbonyl (C=O) groups is 1. The van der Waals surface area contributed by atoms with E-state index in [0.717, 1.165) is 25.7 Å². The van der Waals surface area contributed by atoms with Gasteiger partial charge in [0, 0.05) is 0 Å². The van der Waals surface area contributed by atoms with Crippen LogP contribution < -0.4 is 0 Å². The molecule has 0 aromatic rings. The van der Waals surface area contributed by atoms with Crippen LogP contribution in [0, 0.1) is 0 Å². The molecule has 3 heteroatoms. The Hall–Kier alpha value is -0.830. The monoisotopic (exact) mass is 200 g/mol. The van der Waals surface area contributed by atoms with Crippen LogP contribution in [-0.2, 0) is 4.79 Å². The molecule has 0 saturated carbocycles. The molecule has 3 nitrogen and oxygen atoms in total. The SMILES string of the molecule is CC/C=C\CCCCC(O)CC(=O)O. The maximum atomic E-state index is 10.2. The molecular formula is C11H20O3. The minimum Gasteiger partial charge on any atom is -0.481 e. The number of carboxylic acids is 1. The summed E-state index contributed by atoms with van der Waals surface area (Å²) in [6.45, 7) is 2.09. The summed E-state index contributed by atoms with van der Waals surface area (Å²) < 4.78 is 0. The minimum atomic E-state index is -0.927. The fourth-order valence-electron chi connectivity index (χ4n) is 1.23. The van der Waals surface area contributed by atoms with Gasteiger partial charge in [-0.05, 0) is 25.7 Å². The van der Waals surface area contributed by atoms with Crippen molar-refractivity contribution < 1.29 is 15.0 Å². The molecule has 0 aliphatic carbocycles. The molecule has 0 aliphatic heterocycles. The number of hydrogen-bond donors (Lipinski definition) is 2. The number of rotatable bonds is 8.